The summed E-state index contributed by atoms with van der Waals surface area (Å²) in [5.41, 5.74) is 0.291. The number of likely N-dealkylation sites (tertiary alicyclic amines) is 1. The van der Waals surface area contributed by atoms with E-state index >= 15 is 0 Å². The van der Waals surface area contributed by atoms with Crippen LogP contribution in [0, 0.1) is 0 Å². The molecule has 1 aromatic heterocycles. The van der Waals surface area contributed by atoms with Crippen LogP contribution in [0.1, 0.15) is 17.9 Å². The number of hydrogen-bond donors (Lipinski definition) is 3. The Morgan fingerprint density at radius 3 is 2.66 bits per heavy atom. The number of phenolic OH excluding ortho intramolecular Hbond substituents is 2. The third-order valence-electron chi connectivity index (χ3n) is 5.51. The first-order chi connectivity index (χ1) is 13.8. The van der Waals surface area contributed by atoms with Crippen molar-refractivity contribution in [3.05, 3.63) is 57.2 Å². The molecule has 3 unspecified atom stereocenters. The van der Waals surface area contributed by atoms with Gasteiger partial charge < -0.3 is 24.6 Å². The maximum atomic E-state index is 12.8. The maximum Gasteiger partial charge on any atom is 0.197 e. The highest BCUT2D eigenvalue weighted by Crippen LogP contribution is 2.43. The molecule has 4 rings (SSSR count). The number of halogens is 1. The van der Waals surface area contributed by atoms with E-state index in [4.69, 9.17) is 23.9 Å². The first-order valence-corrected chi connectivity index (χ1v) is 9.57. The molecular formula is C21H19BClNO5. The number of hydrogen-bond acceptors (Lipinski definition) is 6. The van der Waals surface area contributed by atoms with Crippen molar-refractivity contribution >= 4 is 30.4 Å². The van der Waals surface area contributed by atoms with Crippen molar-refractivity contribution < 1.29 is 19.7 Å². The predicted octanol–water partition coefficient (Wildman–Crippen LogP) is 2.80. The number of rotatable bonds is 2. The van der Waals surface area contributed by atoms with Crippen molar-refractivity contribution in [2.24, 2.45) is 0 Å². The van der Waals surface area contributed by atoms with Gasteiger partial charge in [-0.2, -0.15) is 0 Å². The van der Waals surface area contributed by atoms with Crippen LogP contribution in [0.5, 0.6) is 11.5 Å². The Hall–Kier alpha value is -2.48. The zero-order valence-corrected chi connectivity index (χ0v) is 16.4. The molecule has 3 aromatic rings. The standard InChI is InChI=1S/C21H19BClNO5/c1-24-9-16(28)11(6-18(24)22)19-13(25)7-14(26)20-15(27)8-17(29-21(19)20)10-4-2-3-5-12(10)23/h2-5,7-8,11,16,18,25-26,28H,6,9H2,1H3. The Balaban J connectivity index is 2.00. The molecule has 0 aliphatic carbocycles. The van der Waals surface area contributed by atoms with Gasteiger partial charge in [-0.15, -0.1) is 0 Å². The predicted molar refractivity (Wildman–Crippen MR) is 112 cm³/mol. The molecule has 2 heterocycles. The minimum atomic E-state index is -0.840. The van der Waals surface area contributed by atoms with Crippen LogP contribution < -0.4 is 5.43 Å². The van der Waals surface area contributed by atoms with E-state index in [9.17, 15) is 20.1 Å². The van der Waals surface area contributed by atoms with Crippen molar-refractivity contribution in [1.82, 2.24) is 4.90 Å². The Morgan fingerprint density at radius 2 is 1.93 bits per heavy atom. The number of fused-ring (bicyclic) bond motifs is 1. The second-order valence-corrected chi connectivity index (χ2v) is 7.81. The number of aliphatic hydroxyl groups excluding tert-OH is 1. The lowest BCUT2D eigenvalue weighted by Crippen LogP contribution is -2.47. The molecule has 3 atom stereocenters. The summed E-state index contributed by atoms with van der Waals surface area (Å²) in [6.45, 7) is 0.294. The first kappa shape index (κ1) is 19.8. The van der Waals surface area contributed by atoms with Crippen LogP contribution in [-0.4, -0.2) is 53.7 Å². The van der Waals surface area contributed by atoms with Gasteiger partial charge >= 0.3 is 0 Å². The van der Waals surface area contributed by atoms with E-state index in [0.29, 0.717) is 23.6 Å². The molecule has 1 aliphatic rings. The van der Waals surface area contributed by atoms with Crippen LogP contribution in [0.2, 0.25) is 5.02 Å². The Morgan fingerprint density at radius 1 is 1.21 bits per heavy atom. The van der Waals surface area contributed by atoms with Crippen molar-refractivity contribution in [2.45, 2.75) is 24.4 Å². The van der Waals surface area contributed by atoms with E-state index in [2.05, 4.69) is 0 Å². The zero-order chi connectivity index (χ0) is 20.9. The van der Waals surface area contributed by atoms with Crippen LogP contribution >= 0.6 is 11.6 Å². The lowest BCUT2D eigenvalue weighted by Gasteiger charge is -2.39. The third kappa shape index (κ3) is 3.39. The van der Waals surface area contributed by atoms with Gasteiger partial charge in [0.15, 0.2) is 5.43 Å². The Bertz CT molecular complexity index is 1150. The molecule has 148 valence electrons. The number of aliphatic hydroxyl groups is 1. The lowest BCUT2D eigenvalue weighted by molar-refractivity contribution is 0.0526. The van der Waals surface area contributed by atoms with Gasteiger partial charge in [-0.05, 0) is 31.5 Å². The quantitative estimate of drug-likeness (QED) is 0.561. The zero-order valence-electron chi connectivity index (χ0n) is 15.7. The number of benzene rings is 2. The van der Waals surface area contributed by atoms with Crippen LogP contribution in [0.3, 0.4) is 0 Å². The average molecular weight is 412 g/mol. The number of nitrogens with zero attached hydrogens (tertiary/aromatic N) is 1. The molecule has 1 saturated heterocycles. The van der Waals surface area contributed by atoms with Gasteiger partial charge in [0, 0.05) is 35.7 Å². The molecule has 29 heavy (non-hydrogen) atoms. The summed E-state index contributed by atoms with van der Waals surface area (Å²) in [5, 5.41) is 31.9. The number of piperidine rings is 1. The summed E-state index contributed by atoms with van der Waals surface area (Å²) in [7, 11) is 7.94. The second-order valence-electron chi connectivity index (χ2n) is 7.40. The summed E-state index contributed by atoms with van der Waals surface area (Å²) in [6.07, 6.45) is -0.502. The third-order valence-corrected chi connectivity index (χ3v) is 5.84. The molecule has 1 fully saturated rings. The van der Waals surface area contributed by atoms with E-state index < -0.39 is 23.2 Å². The summed E-state index contributed by atoms with van der Waals surface area (Å²) in [5.74, 6) is -1.38. The van der Waals surface area contributed by atoms with Gasteiger partial charge in [-0.1, -0.05) is 23.7 Å². The summed E-state index contributed by atoms with van der Waals surface area (Å²) in [4.78, 5) is 14.6. The number of β-amino-alcohol motifs (C(OH)–C–C–N with tert-alkyl or cyclic N) is 1. The fraction of sp³-hybridized carbons (Fsp3) is 0.286. The minimum absolute atomic E-state index is 0.0192. The summed E-state index contributed by atoms with van der Waals surface area (Å²) < 4.78 is 6.00. The molecule has 0 bridgehead atoms. The molecule has 6 nitrogen and oxygen atoms in total. The molecule has 3 N–H and O–H groups in total. The smallest absolute Gasteiger partial charge is 0.197 e. The second kappa shape index (κ2) is 7.41. The van der Waals surface area contributed by atoms with Crippen molar-refractivity contribution in [3.63, 3.8) is 0 Å². The summed E-state index contributed by atoms with van der Waals surface area (Å²) >= 11 is 6.25. The molecule has 2 radical (unpaired) electrons. The van der Waals surface area contributed by atoms with Gasteiger partial charge in [0.25, 0.3) is 0 Å². The lowest BCUT2D eigenvalue weighted by atomic mass is 9.76. The maximum absolute atomic E-state index is 12.8. The molecule has 2 aromatic carbocycles. The molecule has 1 aliphatic heterocycles. The van der Waals surface area contributed by atoms with E-state index in [1.54, 1.807) is 31.3 Å². The monoisotopic (exact) mass is 411 g/mol. The first-order valence-electron chi connectivity index (χ1n) is 9.19. The summed E-state index contributed by atoms with van der Waals surface area (Å²) in [6, 6.07) is 9.23. The molecule has 0 spiro atoms. The van der Waals surface area contributed by atoms with Crippen LogP contribution in [-0.2, 0) is 0 Å². The van der Waals surface area contributed by atoms with E-state index in [-0.39, 0.29) is 34.0 Å². The van der Waals surface area contributed by atoms with Crippen molar-refractivity contribution in [2.75, 3.05) is 13.6 Å². The highest BCUT2D eigenvalue weighted by molar-refractivity contribution is 6.33. The highest BCUT2D eigenvalue weighted by atomic mass is 35.5. The van der Waals surface area contributed by atoms with E-state index in [1.807, 2.05) is 4.90 Å². The number of aromatic hydroxyl groups is 2. The SMILES string of the molecule is [B]C1CC(c2c(O)cc(O)c3c(=O)cc(-c4ccccc4Cl)oc23)C(O)CN1C. The highest BCUT2D eigenvalue weighted by Gasteiger charge is 2.35. The van der Waals surface area contributed by atoms with Crippen LogP contribution in [0.25, 0.3) is 22.3 Å². The van der Waals surface area contributed by atoms with Crippen molar-refractivity contribution in [1.29, 1.82) is 0 Å². The van der Waals surface area contributed by atoms with Gasteiger partial charge in [0.2, 0.25) is 0 Å². The van der Waals surface area contributed by atoms with E-state index in [0.717, 1.165) is 6.07 Å². The van der Waals surface area contributed by atoms with Gasteiger partial charge in [-0.3, -0.25) is 4.79 Å². The number of phenols is 2. The largest absolute Gasteiger partial charge is 0.507 e. The minimum Gasteiger partial charge on any atom is -0.507 e. The van der Waals surface area contributed by atoms with Gasteiger partial charge in [0.1, 0.15) is 28.2 Å². The van der Waals surface area contributed by atoms with Crippen molar-refractivity contribution in [3.8, 4) is 22.8 Å². The van der Waals surface area contributed by atoms with Crippen LogP contribution in [0.15, 0.2) is 45.6 Å². The fourth-order valence-corrected chi connectivity index (χ4v) is 4.17. The van der Waals surface area contributed by atoms with Gasteiger partial charge in [0.05, 0.1) is 19.0 Å². The molecular weight excluding hydrogens is 392 g/mol. The molecule has 8 heteroatoms. The topological polar surface area (TPSA) is 94.1 Å². The normalized spacial score (nSPS) is 22.8. The molecule has 0 amide bonds. The number of likely N-dealkylation sites (N-methyl/N-ethyl adjacent to an activating group) is 1. The Labute approximate surface area is 173 Å². The average Bonchev–Trinajstić information content (AvgIpc) is 2.65. The Kier molecular flexibility index (Phi) is 5.06. The fourth-order valence-electron chi connectivity index (χ4n) is 3.94. The van der Waals surface area contributed by atoms with Crippen LogP contribution in [0.4, 0.5) is 0 Å². The van der Waals surface area contributed by atoms with E-state index in [1.165, 1.54) is 6.07 Å². The molecule has 0 saturated carbocycles. The van der Waals surface area contributed by atoms with Gasteiger partial charge in [-0.25, -0.2) is 0 Å².